The van der Waals surface area contributed by atoms with Gasteiger partial charge in [0.1, 0.15) is 24.0 Å². The molecule has 2 aliphatic rings. The van der Waals surface area contributed by atoms with E-state index in [1.54, 1.807) is 11.0 Å². The molecule has 146 valence electrons. The van der Waals surface area contributed by atoms with E-state index in [4.69, 9.17) is 27.9 Å². The Morgan fingerprint density at radius 1 is 1.11 bits per heavy atom. The minimum atomic E-state index is -0.596. The first-order valence-electron chi connectivity index (χ1n) is 8.71. The quantitative estimate of drug-likeness (QED) is 0.661. The van der Waals surface area contributed by atoms with Gasteiger partial charge in [-0.05, 0) is 12.5 Å². The summed E-state index contributed by atoms with van der Waals surface area (Å²) in [5.74, 6) is -0.479. The molecule has 0 saturated carbocycles. The second-order valence-electron chi connectivity index (χ2n) is 6.52. The third kappa shape index (κ3) is 3.21. The van der Waals surface area contributed by atoms with Crippen LogP contribution in [0.2, 0.25) is 10.0 Å². The second kappa shape index (κ2) is 7.41. The van der Waals surface area contributed by atoms with Crippen LogP contribution in [-0.2, 0) is 6.54 Å². The van der Waals surface area contributed by atoms with Gasteiger partial charge < -0.3 is 14.7 Å². The molecule has 0 atom stereocenters. The van der Waals surface area contributed by atoms with Crippen molar-refractivity contribution in [3.63, 3.8) is 0 Å². The van der Waals surface area contributed by atoms with Gasteiger partial charge in [-0.3, -0.25) is 19.3 Å². The molecule has 0 aliphatic carbocycles. The van der Waals surface area contributed by atoms with Crippen molar-refractivity contribution >= 4 is 29.1 Å². The van der Waals surface area contributed by atoms with Crippen LogP contribution in [0.3, 0.4) is 0 Å². The molecule has 0 fully saturated rings. The molecule has 2 bridgehead atoms. The van der Waals surface area contributed by atoms with Gasteiger partial charge in [-0.2, -0.15) is 0 Å². The van der Waals surface area contributed by atoms with E-state index in [1.165, 1.54) is 16.9 Å². The Morgan fingerprint density at radius 2 is 1.93 bits per heavy atom. The molecule has 0 spiro atoms. The normalized spacial score (nSPS) is 17.7. The molecule has 28 heavy (non-hydrogen) atoms. The summed E-state index contributed by atoms with van der Waals surface area (Å²) in [7, 11) is 0. The van der Waals surface area contributed by atoms with Gasteiger partial charge in [-0.1, -0.05) is 41.4 Å². The fourth-order valence-corrected chi connectivity index (χ4v) is 3.71. The Kier molecular flexibility index (Phi) is 4.95. The molecule has 1 N–H and O–H groups in total. The summed E-state index contributed by atoms with van der Waals surface area (Å²) in [4.78, 5) is 26.3. The van der Waals surface area contributed by atoms with E-state index in [1.807, 2.05) is 23.2 Å². The zero-order valence-electron chi connectivity index (χ0n) is 14.8. The van der Waals surface area contributed by atoms with Crippen molar-refractivity contribution in [2.45, 2.75) is 13.0 Å². The Hall–Kier alpha value is -2.64. The summed E-state index contributed by atoms with van der Waals surface area (Å²) in [5, 5.41) is 12.8. The maximum Gasteiger partial charge on any atom is 0.277 e. The fourth-order valence-electron chi connectivity index (χ4n) is 3.33. The number of fused-ring (bicyclic) bond motifs is 5. The maximum absolute atomic E-state index is 12.9. The molecule has 7 nitrogen and oxygen atoms in total. The lowest BCUT2D eigenvalue weighted by molar-refractivity contribution is 0.0688. The molecule has 0 unspecified atom stereocenters. The highest BCUT2D eigenvalue weighted by molar-refractivity contribution is 6.43. The van der Waals surface area contributed by atoms with Crippen LogP contribution in [0.25, 0.3) is 0 Å². The molecule has 0 radical (unpaired) electrons. The molecule has 9 heteroatoms. The highest BCUT2D eigenvalue weighted by Crippen LogP contribution is 2.36. The van der Waals surface area contributed by atoms with E-state index in [9.17, 15) is 14.7 Å². The van der Waals surface area contributed by atoms with Crippen LogP contribution < -0.4 is 15.2 Å². The summed E-state index contributed by atoms with van der Waals surface area (Å²) in [6.45, 7) is 1.38. The first-order chi connectivity index (χ1) is 13.5. The van der Waals surface area contributed by atoms with Crippen LogP contribution in [0.5, 0.6) is 11.5 Å². The summed E-state index contributed by atoms with van der Waals surface area (Å²) in [5.41, 5.74) is 0.116. The van der Waals surface area contributed by atoms with Gasteiger partial charge in [0.05, 0.1) is 11.6 Å². The molecular weight excluding hydrogens is 405 g/mol. The Labute approximate surface area is 170 Å². The number of aromatic nitrogens is 1. The van der Waals surface area contributed by atoms with Crippen molar-refractivity contribution in [1.82, 2.24) is 9.58 Å². The van der Waals surface area contributed by atoms with Gasteiger partial charge in [0.2, 0.25) is 5.43 Å². The number of rotatable bonds is 0. The van der Waals surface area contributed by atoms with Gasteiger partial charge in [-0.15, -0.1) is 0 Å². The zero-order chi connectivity index (χ0) is 19.8. The van der Waals surface area contributed by atoms with Crippen molar-refractivity contribution in [2.24, 2.45) is 0 Å². The lowest BCUT2D eigenvalue weighted by Gasteiger charge is -2.39. The molecule has 2 aromatic rings. The molecule has 1 amide bonds. The third-order valence-corrected chi connectivity index (χ3v) is 5.51. The Balaban J connectivity index is 1.86. The summed E-state index contributed by atoms with van der Waals surface area (Å²) >= 11 is 12.5. The Morgan fingerprint density at radius 3 is 2.75 bits per heavy atom. The van der Waals surface area contributed by atoms with E-state index < -0.39 is 11.2 Å². The first-order valence-corrected chi connectivity index (χ1v) is 9.46. The highest BCUT2D eigenvalue weighted by Gasteiger charge is 2.32. The van der Waals surface area contributed by atoms with Gasteiger partial charge in [0.15, 0.2) is 11.4 Å². The number of ether oxygens (including phenoxy) is 1. The molecule has 1 aromatic heterocycles. The average molecular weight is 422 g/mol. The molecule has 2 aliphatic heterocycles. The van der Waals surface area contributed by atoms with E-state index in [-0.39, 0.29) is 18.3 Å². The number of halogens is 2. The monoisotopic (exact) mass is 421 g/mol. The molecule has 1 aromatic carbocycles. The predicted molar refractivity (Wildman–Crippen MR) is 106 cm³/mol. The number of hydrogen-bond acceptors (Lipinski definition) is 5. The largest absolute Gasteiger partial charge is 0.502 e. The van der Waals surface area contributed by atoms with E-state index in [2.05, 4.69) is 0 Å². The summed E-state index contributed by atoms with van der Waals surface area (Å²) in [6.07, 6.45) is 5.85. The highest BCUT2D eigenvalue weighted by atomic mass is 35.5. The number of pyridine rings is 1. The van der Waals surface area contributed by atoms with Crippen molar-refractivity contribution < 1.29 is 14.6 Å². The SMILES string of the molecule is O=C1c2c(O)c(=O)ccn2N2Cc3ccc(Cl)c(Cl)c3OC/C=C/CCN1C2. The van der Waals surface area contributed by atoms with Gasteiger partial charge in [0.25, 0.3) is 5.91 Å². The number of carbonyl (C=O) groups is 1. The molecule has 4 rings (SSSR count). The maximum atomic E-state index is 12.9. The number of carbonyl (C=O) groups excluding carboxylic acids is 1. The minimum absolute atomic E-state index is 0.0534. The number of nitrogens with zero attached hydrogens (tertiary/aromatic N) is 3. The number of amides is 1. The molecular formula is C19H17Cl2N3O4. The smallest absolute Gasteiger partial charge is 0.277 e. The van der Waals surface area contributed by atoms with Crippen LogP contribution in [-0.4, -0.2) is 40.4 Å². The topological polar surface area (TPSA) is 75.0 Å². The fraction of sp³-hybridized carbons (Fsp3) is 0.263. The van der Waals surface area contributed by atoms with Crippen molar-refractivity contribution in [1.29, 1.82) is 0 Å². The third-order valence-electron chi connectivity index (χ3n) is 4.72. The van der Waals surface area contributed by atoms with Gasteiger partial charge in [0, 0.05) is 24.4 Å². The standard InChI is InChI=1S/C19H17Cl2N3O4/c20-13-5-4-12-10-23-11-22(7-2-1-3-9-28-18(12)15(13)21)19(27)16-17(26)14(25)6-8-24(16)23/h1,3-6,8,26H,2,7,9-11H2/b3-1+. The number of benzene rings is 1. The first kappa shape index (κ1) is 18.7. The van der Waals surface area contributed by atoms with E-state index in [0.29, 0.717) is 41.9 Å². The predicted octanol–water partition coefficient (Wildman–Crippen LogP) is 2.75. The van der Waals surface area contributed by atoms with Crippen molar-refractivity contribution in [2.75, 3.05) is 24.8 Å². The van der Waals surface area contributed by atoms with Crippen LogP contribution in [0, 0.1) is 0 Å². The van der Waals surface area contributed by atoms with Gasteiger partial charge in [-0.25, -0.2) is 0 Å². The van der Waals surface area contributed by atoms with Crippen LogP contribution in [0.1, 0.15) is 22.5 Å². The molecule has 3 heterocycles. The summed E-state index contributed by atoms with van der Waals surface area (Å²) in [6, 6.07) is 4.72. The lowest BCUT2D eigenvalue weighted by atomic mass is 10.1. The van der Waals surface area contributed by atoms with E-state index in [0.717, 1.165) is 5.56 Å². The van der Waals surface area contributed by atoms with Crippen molar-refractivity contribution in [3.05, 3.63) is 68.1 Å². The minimum Gasteiger partial charge on any atom is -0.502 e. The second-order valence-corrected chi connectivity index (χ2v) is 7.30. The van der Waals surface area contributed by atoms with E-state index >= 15 is 0 Å². The zero-order valence-corrected chi connectivity index (χ0v) is 16.3. The molecule has 0 saturated heterocycles. The number of aromatic hydroxyl groups is 1. The van der Waals surface area contributed by atoms with Crippen molar-refractivity contribution in [3.8, 4) is 11.5 Å². The van der Waals surface area contributed by atoms with Gasteiger partial charge >= 0.3 is 0 Å². The van der Waals surface area contributed by atoms with Crippen LogP contribution in [0.4, 0.5) is 0 Å². The summed E-state index contributed by atoms with van der Waals surface area (Å²) < 4.78 is 7.35. The number of hydrogen-bond donors (Lipinski definition) is 1. The Bertz CT molecular complexity index is 1030. The van der Waals surface area contributed by atoms with Crippen LogP contribution >= 0.6 is 23.2 Å². The van der Waals surface area contributed by atoms with Crippen LogP contribution in [0.15, 0.2) is 41.3 Å². The average Bonchev–Trinajstić information content (AvgIpc) is 2.67. The lowest BCUT2D eigenvalue weighted by Crippen LogP contribution is -2.53.